The van der Waals surface area contributed by atoms with Gasteiger partial charge in [0.05, 0.1) is 11.5 Å². The first-order valence-electron chi connectivity index (χ1n) is 5.85. The molecule has 2 aromatic carbocycles. The Hall–Kier alpha value is -1.04. The standard InChI is InChI=1S/C14H13BrClNO2S/c15-12-6-5-10(7-14(12)17)8-20(18,19)9-11-3-1-2-4-13(11)16/h1-7H,8-9,17H2. The summed E-state index contributed by atoms with van der Waals surface area (Å²) in [6.45, 7) is 0. The van der Waals surface area contributed by atoms with Crippen LogP contribution in [0.15, 0.2) is 46.9 Å². The maximum absolute atomic E-state index is 12.2. The topological polar surface area (TPSA) is 60.2 Å². The molecule has 0 bridgehead atoms. The number of halogens is 2. The average Bonchev–Trinajstić information content (AvgIpc) is 2.36. The smallest absolute Gasteiger partial charge is 0.158 e. The molecule has 0 heterocycles. The van der Waals surface area contributed by atoms with E-state index in [-0.39, 0.29) is 11.5 Å². The van der Waals surface area contributed by atoms with Crippen LogP contribution in [0.5, 0.6) is 0 Å². The first-order chi connectivity index (χ1) is 9.37. The van der Waals surface area contributed by atoms with Crippen LogP contribution in [0.1, 0.15) is 11.1 Å². The fourth-order valence-corrected chi connectivity index (χ4v) is 3.88. The van der Waals surface area contributed by atoms with Gasteiger partial charge in [-0.1, -0.05) is 35.9 Å². The van der Waals surface area contributed by atoms with E-state index in [2.05, 4.69) is 15.9 Å². The van der Waals surface area contributed by atoms with Crippen molar-refractivity contribution in [3.05, 3.63) is 63.1 Å². The summed E-state index contributed by atoms with van der Waals surface area (Å²) in [5.41, 5.74) is 7.55. The number of nitrogens with two attached hydrogens (primary N) is 1. The van der Waals surface area contributed by atoms with Crippen molar-refractivity contribution in [1.29, 1.82) is 0 Å². The minimum atomic E-state index is -3.30. The highest BCUT2D eigenvalue weighted by Crippen LogP contribution is 2.23. The highest BCUT2D eigenvalue weighted by molar-refractivity contribution is 9.10. The Morgan fingerprint density at radius 2 is 1.80 bits per heavy atom. The van der Waals surface area contributed by atoms with Crippen molar-refractivity contribution in [2.75, 3.05) is 5.73 Å². The number of hydrogen-bond acceptors (Lipinski definition) is 3. The zero-order valence-corrected chi connectivity index (χ0v) is 13.7. The second-order valence-corrected chi connectivity index (χ2v) is 7.81. The van der Waals surface area contributed by atoms with Crippen LogP contribution in [0.2, 0.25) is 5.02 Å². The molecule has 3 nitrogen and oxygen atoms in total. The number of sulfone groups is 1. The molecule has 0 fully saturated rings. The Labute approximate surface area is 131 Å². The number of nitrogen functional groups attached to an aromatic ring is 1. The molecule has 0 saturated heterocycles. The third-order valence-electron chi connectivity index (χ3n) is 2.78. The van der Waals surface area contributed by atoms with Crippen molar-refractivity contribution >= 4 is 43.1 Å². The Morgan fingerprint density at radius 1 is 1.10 bits per heavy atom. The zero-order chi connectivity index (χ0) is 14.8. The van der Waals surface area contributed by atoms with Crippen LogP contribution in [0.4, 0.5) is 5.69 Å². The van der Waals surface area contributed by atoms with Crippen LogP contribution in [-0.2, 0) is 21.3 Å². The third kappa shape index (κ3) is 3.98. The predicted molar refractivity (Wildman–Crippen MR) is 86.3 cm³/mol. The molecule has 0 aliphatic carbocycles. The molecular weight excluding hydrogens is 362 g/mol. The van der Waals surface area contributed by atoms with Gasteiger partial charge in [-0.05, 0) is 45.3 Å². The van der Waals surface area contributed by atoms with E-state index in [0.29, 0.717) is 21.8 Å². The summed E-state index contributed by atoms with van der Waals surface area (Å²) in [7, 11) is -3.30. The van der Waals surface area contributed by atoms with Crippen LogP contribution < -0.4 is 5.73 Å². The van der Waals surface area contributed by atoms with Gasteiger partial charge >= 0.3 is 0 Å². The molecule has 0 aliphatic heterocycles. The van der Waals surface area contributed by atoms with Crippen LogP contribution in [-0.4, -0.2) is 8.42 Å². The lowest BCUT2D eigenvalue weighted by Gasteiger charge is -2.07. The minimum absolute atomic E-state index is 0.0598. The van der Waals surface area contributed by atoms with Crippen molar-refractivity contribution in [3.63, 3.8) is 0 Å². The largest absolute Gasteiger partial charge is 0.398 e. The van der Waals surface area contributed by atoms with Gasteiger partial charge in [-0.25, -0.2) is 8.42 Å². The SMILES string of the molecule is Nc1cc(CS(=O)(=O)Cc2ccccc2Cl)ccc1Br. The molecule has 20 heavy (non-hydrogen) atoms. The molecule has 6 heteroatoms. The van der Waals surface area contributed by atoms with Gasteiger partial charge in [0.15, 0.2) is 9.84 Å². The molecule has 0 saturated carbocycles. The Kier molecular flexibility index (Phi) is 4.73. The lowest BCUT2D eigenvalue weighted by molar-refractivity contribution is 0.594. The third-order valence-corrected chi connectivity index (χ3v) is 5.40. The predicted octanol–water partition coefficient (Wildman–Crippen LogP) is 3.80. The normalized spacial score (nSPS) is 11.5. The van der Waals surface area contributed by atoms with Gasteiger partial charge in [-0.2, -0.15) is 0 Å². The first kappa shape index (κ1) is 15.4. The Morgan fingerprint density at radius 3 is 2.45 bits per heavy atom. The molecule has 0 aromatic heterocycles. The van der Waals surface area contributed by atoms with Crippen molar-refractivity contribution in [3.8, 4) is 0 Å². The molecule has 106 valence electrons. The summed E-state index contributed by atoms with van der Waals surface area (Å²) in [6.07, 6.45) is 0. The van der Waals surface area contributed by atoms with Crippen LogP contribution in [0, 0.1) is 0 Å². The first-order valence-corrected chi connectivity index (χ1v) is 8.84. The van der Waals surface area contributed by atoms with Gasteiger partial charge < -0.3 is 5.73 Å². The number of benzene rings is 2. The second-order valence-electron chi connectivity index (χ2n) is 4.48. The maximum Gasteiger partial charge on any atom is 0.158 e. The molecular formula is C14H13BrClNO2S. The molecule has 2 rings (SSSR count). The fraction of sp³-hybridized carbons (Fsp3) is 0.143. The molecule has 0 atom stereocenters. The fourth-order valence-electron chi connectivity index (χ4n) is 1.84. The van der Waals surface area contributed by atoms with Gasteiger partial charge in [0.1, 0.15) is 0 Å². The lowest BCUT2D eigenvalue weighted by Crippen LogP contribution is -2.08. The van der Waals surface area contributed by atoms with Gasteiger partial charge in [-0.3, -0.25) is 0 Å². The summed E-state index contributed by atoms with van der Waals surface area (Å²) in [6, 6.07) is 12.1. The second kappa shape index (κ2) is 6.16. The van der Waals surface area contributed by atoms with Crippen molar-refractivity contribution < 1.29 is 8.42 Å². The van der Waals surface area contributed by atoms with E-state index >= 15 is 0 Å². The van der Waals surface area contributed by atoms with Gasteiger partial charge in [-0.15, -0.1) is 0 Å². The minimum Gasteiger partial charge on any atom is -0.398 e. The molecule has 0 aliphatic rings. The summed E-state index contributed by atoms with van der Waals surface area (Å²) in [5.74, 6) is -0.141. The molecule has 0 amide bonds. The van der Waals surface area contributed by atoms with E-state index in [1.807, 2.05) is 0 Å². The molecule has 2 aromatic rings. The summed E-state index contributed by atoms with van der Waals surface area (Å²) in [5, 5.41) is 0.464. The monoisotopic (exact) mass is 373 g/mol. The van der Waals surface area contributed by atoms with Crippen LogP contribution in [0.25, 0.3) is 0 Å². The van der Waals surface area contributed by atoms with Crippen molar-refractivity contribution in [2.45, 2.75) is 11.5 Å². The average molecular weight is 375 g/mol. The molecule has 2 N–H and O–H groups in total. The van der Waals surface area contributed by atoms with Gasteiger partial charge in [0.2, 0.25) is 0 Å². The lowest BCUT2D eigenvalue weighted by atomic mass is 10.2. The quantitative estimate of drug-likeness (QED) is 0.828. The highest BCUT2D eigenvalue weighted by atomic mass is 79.9. The van der Waals surface area contributed by atoms with Crippen molar-refractivity contribution in [1.82, 2.24) is 0 Å². The number of anilines is 1. The van der Waals surface area contributed by atoms with Crippen LogP contribution >= 0.6 is 27.5 Å². The molecule has 0 unspecified atom stereocenters. The van der Waals surface area contributed by atoms with E-state index in [1.54, 1.807) is 42.5 Å². The maximum atomic E-state index is 12.2. The summed E-state index contributed by atoms with van der Waals surface area (Å²) in [4.78, 5) is 0. The van der Waals surface area contributed by atoms with Crippen LogP contribution in [0.3, 0.4) is 0 Å². The molecule has 0 radical (unpaired) electrons. The van der Waals surface area contributed by atoms with Gasteiger partial charge in [0.25, 0.3) is 0 Å². The van der Waals surface area contributed by atoms with E-state index < -0.39 is 9.84 Å². The van der Waals surface area contributed by atoms with Crippen molar-refractivity contribution in [2.24, 2.45) is 0 Å². The van der Waals surface area contributed by atoms with E-state index in [4.69, 9.17) is 17.3 Å². The van der Waals surface area contributed by atoms with E-state index in [0.717, 1.165) is 4.47 Å². The Balaban J connectivity index is 2.19. The van der Waals surface area contributed by atoms with E-state index in [1.165, 1.54) is 0 Å². The number of rotatable bonds is 4. The molecule has 0 spiro atoms. The summed E-state index contributed by atoms with van der Waals surface area (Å²) < 4.78 is 25.2. The Bertz CT molecular complexity index is 732. The highest BCUT2D eigenvalue weighted by Gasteiger charge is 2.15. The summed E-state index contributed by atoms with van der Waals surface area (Å²) >= 11 is 9.27. The van der Waals surface area contributed by atoms with E-state index in [9.17, 15) is 8.42 Å². The zero-order valence-electron chi connectivity index (χ0n) is 10.5. The van der Waals surface area contributed by atoms with Gasteiger partial charge in [0, 0.05) is 15.2 Å². The number of hydrogen-bond donors (Lipinski definition) is 1.